The highest BCUT2D eigenvalue weighted by atomic mass is 35.5. The molecule has 3 aromatic carbocycles. The van der Waals surface area contributed by atoms with Gasteiger partial charge in [-0.3, -0.25) is 4.79 Å². The Labute approximate surface area is 163 Å². The minimum absolute atomic E-state index is 0.241. The summed E-state index contributed by atoms with van der Waals surface area (Å²) >= 11 is 6.13. The Morgan fingerprint density at radius 1 is 0.926 bits per heavy atom. The van der Waals surface area contributed by atoms with E-state index in [0.717, 1.165) is 16.9 Å². The smallest absolute Gasteiger partial charge is 0.271 e. The van der Waals surface area contributed by atoms with E-state index < -0.39 is 0 Å². The van der Waals surface area contributed by atoms with Gasteiger partial charge < -0.3 is 4.74 Å². The molecule has 0 atom stereocenters. The number of ether oxygens (including phenoxy) is 1. The Bertz CT molecular complexity index is 938. The molecule has 0 aliphatic heterocycles. The number of benzene rings is 3. The average Bonchev–Trinajstić information content (AvgIpc) is 2.72. The Morgan fingerprint density at radius 2 is 1.59 bits per heavy atom. The van der Waals surface area contributed by atoms with Crippen molar-refractivity contribution in [3.63, 3.8) is 0 Å². The van der Waals surface area contributed by atoms with E-state index >= 15 is 0 Å². The lowest BCUT2D eigenvalue weighted by molar-refractivity contribution is 0.0955. The second kappa shape index (κ2) is 9.01. The maximum atomic E-state index is 12.0. The number of carbonyl (C=O) groups excluding carboxylic acids is 1. The summed E-state index contributed by atoms with van der Waals surface area (Å²) in [6, 6.07) is 24.1. The van der Waals surface area contributed by atoms with Crippen molar-refractivity contribution in [1.29, 1.82) is 0 Å². The van der Waals surface area contributed by atoms with Crippen LogP contribution in [-0.2, 0) is 6.61 Å². The third kappa shape index (κ3) is 5.19. The number of hydrogen-bond donors (Lipinski definition) is 1. The van der Waals surface area contributed by atoms with Gasteiger partial charge in [0, 0.05) is 16.1 Å². The minimum Gasteiger partial charge on any atom is -0.489 e. The van der Waals surface area contributed by atoms with Crippen LogP contribution in [0, 0.1) is 0 Å². The summed E-state index contributed by atoms with van der Waals surface area (Å²) in [5, 5.41) is 4.85. The lowest BCUT2D eigenvalue weighted by Crippen LogP contribution is -2.19. The van der Waals surface area contributed by atoms with Gasteiger partial charge in [-0.05, 0) is 55.0 Å². The van der Waals surface area contributed by atoms with Crippen LogP contribution in [0.25, 0.3) is 0 Å². The monoisotopic (exact) mass is 378 g/mol. The van der Waals surface area contributed by atoms with Crippen LogP contribution >= 0.6 is 11.6 Å². The molecule has 0 unspecified atom stereocenters. The largest absolute Gasteiger partial charge is 0.489 e. The Hall–Kier alpha value is -3.11. The van der Waals surface area contributed by atoms with E-state index in [2.05, 4.69) is 10.5 Å². The molecule has 0 saturated carbocycles. The summed E-state index contributed by atoms with van der Waals surface area (Å²) in [7, 11) is 0. The molecule has 3 aromatic rings. The zero-order valence-corrected chi connectivity index (χ0v) is 15.6. The van der Waals surface area contributed by atoms with Crippen LogP contribution in [0.5, 0.6) is 5.75 Å². The van der Waals surface area contributed by atoms with Crippen molar-refractivity contribution in [1.82, 2.24) is 5.43 Å². The van der Waals surface area contributed by atoms with Crippen molar-refractivity contribution in [2.75, 3.05) is 0 Å². The molecular formula is C22H19ClN2O2. The zero-order chi connectivity index (χ0) is 19.1. The number of carbonyl (C=O) groups is 1. The SMILES string of the molecule is CC(=NNC(=O)c1ccccc1)c1ccc(OCc2ccccc2Cl)cc1. The van der Waals surface area contributed by atoms with Gasteiger partial charge in [-0.1, -0.05) is 48.0 Å². The van der Waals surface area contributed by atoms with E-state index in [1.54, 1.807) is 12.1 Å². The summed E-state index contributed by atoms with van der Waals surface area (Å²) in [5.41, 5.74) is 5.67. The molecule has 0 aliphatic rings. The molecule has 0 aromatic heterocycles. The van der Waals surface area contributed by atoms with Crippen LogP contribution in [0.4, 0.5) is 0 Å². The predicted octanol–water partition coefficient (Wildman–Crippen LogP) is 5.07. The van der Waals surface area contributed by atoms with Crippen LogP contribution in [0.1, 0.15) is 28.4 Å². The molecule has 27 heavy (non-hydrogen) atoms. The number of hydrogen-bond acceptors (Lipinski definition) is 3. The molecule has 1 amide bonds. The number of halogens is 1. The van der Waals surface area contributed by atoms with Crippen LogP contribution in [0.2, 0.25) is 5.02 Å². The summed E-state index contributed by atoms with van der Waals surface area (Å²) in [5.74, 6) is 0.495. The van der Waals surface area contributed by atoms with E-state index in [0.29, 0.717) is 22.9 Å². The van der Waals surface area contributed by atoms with Gasteiger partial charge in [-0.15, -0.1) is 0 Å². The van der Waals surface area contributed by atoms with Crippen LogP contribution < -0.4 is 10.2 Å². The highest BCUT2D eigenvalue weighted by Gasteiger charge is 2.05. The van der Waals surface area contributed by atoms with Crippen LogP contribution in [-0.4, -0.2) is 11.6 Å². The van der Waals surface area contributed by atoms with E-state index in [-0.39, 0.29) is 5.91 Å². The first kappa shape index (κ1) is 18.7. The third-order valence-corrected chi connectivity index (χ3v) is 4.35. The number of hydrazone groups is 1. The highest BCUT2D eigenvalue weighted by molar-refractivity contribution is 6.31. The number of nitrogens with zero attached hydrogens (tertiary/aromatic N) is 1. The summed E-state index contributed by atoms with van der Waals surface area (Å²) in [6.45, 7) is 2.24. The topological polar surface area (TPSA) is 50.7 Å². The quantitative estimate of drug-likeness (QED) is 0.480. The normalized spacial score (nSPS) is 11.1. The van der Waals surface area contributed by atoms with Gasteiger partial charge >= 0.3 is 0 Å². The second-order valence-corrected chi connectivity index (χ2v) is 6.32. The van der Waals surface area contributed by atoms with Gasteiger partial charge in [0.15, 0.2) is 0 Å². The van der Waals surface area contributed by atoms with Gasteiger partial charge in [0.2, 0.25) is 0 Å². The maximum Gasteiger partial charge on any atom is 0.271 e. The molecule has 0 saturated heterocycles. The molecule has 5 heteroatoms. The lowest BCUT2D eigenvalue weighted by atomic mass is 10.1. The number of rotatable bonds is 6. The van der Waals surface area contributed by atoms with Crippen LogP contribution in [0.3, 0.4) is 0 Å². The van der Waals surface area contributed by atoms with E-state index in [1.165, 1.54) is 0 Å². The standard InChI is InChI=1S/C22H19ClN2O2/c1-16(24-25-22(26)18-7-3-2-4-8-18)17-11-13-20(14-12-17)27-15-19-9-5-6-10-21(19)23/h2-14H,15H2,1H3,(H,25,26). The molecule has 0 fully saturated rings. The highest BCUT2D eigenvalue weighted by Crippen LogP contribution is 2.19. The molecule has 0 radical (unpaired) electrons. The van der Waals surface area contributed by atoms with Crippen molar-refractivity contribution in [2.45, 2.75) is 13.5 Å². The Kier molecular flexibility index (Phi) is 6.23. The second-order valence-electron chi connectivity index (χ2n) is 5.91. The molecule has 0 aliphatic carbocycles. The van der Waals surface area contributed by atoms with Crippen LogP contribution in [0.15, 0.2) is 84.0 Å². The molecule has 0 heterocycles. The van der Waals surface area contributed by atoms with E-state index in [1.807, 2.05) is 73.7 Å². The van der Waals surface area contributed by atoms with E-state index in [4.69, 9.17) is 16.3 Å². The average molecular weight is 379 g/mol. The summed E-state index contributed by atoms with van der Waals surface area (Å²) < 4.78 is 5.77. The Balaban J connectivity index is 1.59. The molecule has 1 N–H and O–H groups in total. The van der Waals surface area contributed by atoms with Crippen molar-refractivity contribution in [3.05, 3.63) is 101 Å². The van der Waals surface area contributed by atoms with Gasteiger partial charge in [0.1, 0.15) is 12.4 Å². The van der Waals surface area contributed by atoms with Crippen molar-refractivity contribution >= 4 is 23.2 Å². The summed E-state index contributed by atoms with van der Waals surface area (Å²) in [4.78, 5) is 12.0. The lowest BCUT2D eigenvalue weighted by Gasteiger charge is -2.09. The first-order valence-electron chi connectivity index (χ1n) is 8.50. The molecule has 0 bridgehead atoms. The van der Waals surface area contributed by atoms with Gasteiger partial charge in [-0.2, -0.15) is 5.10 Å². The molecular weight excluding hydrogens is 360 g/mol. The molecule has 0 spiro atoms. The summed E-state index contributed by atoms with van der Waals surface area (Å²) in [6.07, 6.45) is 0. The predicted molar refractivity (Wildman–Crippen MR) is 108 cm³/mol. The fourth-order valence-electron chi connectivity index (χ4n) is 2.42. The van der Waals surface area contributed by atoms with Gasteiger partial charge in [0.05, 0.1) is 5.71 Å². The third-order valence-electron chi connectivity index (χ3n) is 3.99. The molecule has 4 nitrogen and oxygen atoms in total. The Morgan fingerprint density at radius 3 is 2.30 bits per heavy atom. The van der Waals surface area contributed by atoms with Gasteiger partial charge in [0.25, 0.3) is 5.91 Å². The number of amides is 1. The molecule has 3 rings (SSSR count). The van der Waals surface area contributed by atoms with E-state index in [9.17, 15) is 4.79 Å². The first-order chi connectivity index (χ1) is 13.1. The fraction of sp³-hybridized carbons (Fsp3) is 0.0909. The van der Waals surface area contributed by atoms with Crippen molar-refractivity contribution in [3.8, 4) is 5.75 Å². The zero-order valence-electron chi connectivity index (χ0n) is 14.9. The first-order valence-corrected chi connectivity index (χ1v) is 8.87. The van der Waals surface area contributed by atoms with Crippen molar-refractivity contribution in [2.24, 2.45) is 5.10 Å². The minimum atomic E-state index is -0.241. The number of nitrogens with one attached hydrogen (secondary N) is 1. The fourth-order valence-corrected chi connectivity index (χ4v) is 2.61. The maximum absolute atomic E-state index is 12.0. The molecule has 136 valence electrons. The van der Waals surface area contributed by atoms with Gasteiger partial charge in [-0.25, -0.2) is 5.43 Å². The van der Waals surface area contributed by atoms with Crippen molar-refractivity contribution < 1.29 is 9.53 Å².